The molecule has 2 aromatic carbocycles. The molecule has 1 amide bonds. The summed E-state index contributed by atoms with van der Waals surface area (Å²) in [5.41, 5.74) is 4.32. The third kappa shape index (κ3) is 4.85. The van der Waals surface area contributed by atoms with Crippen LogP contribution < -0.4 is 4.74 Å². The summed E-state index contributed by atoms with van der Waals surface area (Å²) in [6, 6.07) is 15.2. The van der Waals surface area contributed by atoms with Crippen LogP contribution in [0.25, 0.3) is 23.0 Å². The summed E-state index contributed by atoms with van der Waals surface area (Å²) in [4.78, 5) is 15.3. The number of carbonyl (C=O) groups excluding carboxylic acids is 1. The first kappa shape index (κ1) is 24.7. The minimum Gasteiger partial charge on any atom is -0.494 e. The van der Waals surface area contributed by atoms with E-state index in [2.05, 4.69) is 0 Å². The van der Waals surface area contributed by atoms with E-state index in [1.54, 1.807) is 10.8 Å². The Morgan fingerprint density at radius 3 is 2.67 bits per heavy atom. The number of ether oxygens (including phenoxy) is 1. The number of thiocarbonyl (C=S) groups is 1. The molecule has 0 spiro atoms. The lowest BCUT2D eigenvalue weighted by Gasteiger charge is -2.20. The lowest BCUT2D eigenvalue weighted by molar-refractivity contribution is -0.123. The van der Waals surface area contributed by atoms with Gasteiger partial charge in [0.05, 0.1) is 34.7 Å². The third-order valence-corrected chi connectivity index (χ3v) is 9.29. The molecule has 1 atom stereocenters. The van der Waals surface area contributed by atoms with Crippen LogP contribution in [0, 0.1) is 6.92 Å². The van der Waals surface area contributed by atoms with Gasteiger partial charge in [-0.25, -0.2) is 13.1 Å². The van der Waals surface area contributed by atoms with Gasteiger partial charge in [0, 0.05) is 17.3 Å². The zero-order valence-electron chi connectivity index (χ0n) is 19.9. The molecule has 2 saturated heterocycles. The first-order valence-electron chi connectivity index (χ1n) is 11.6. The molecule has 186 valence electrons. The quantitative estimate of drug-likeness (QED) is 0.334. The van der Waals surface area contributed by atoms with E-state index in [1.165, 1.54) is 16.7 Å². The highest BCUT2D eigenvalue weighted by atomic mass is 32.2. The van der Waals surface area contributed by atoms with Crippen LogP contribution >= 0.6 is 24.0 Å². The second kappa shape index (κ2) is 9.84. The fraction of sp³-hybridized carbons (Fsp3) is 0.269. The van der Waals surface area contributed by atoms with Gasteiger partial charge in [0.15, 0.2) is 9.84 Å². The van der Waals surface area contributed by atoms with E-state index in [4.69, 9.17) is 22.1 Å². The van der Waals surface area contributed by atoms with Crippen molar-refractivity contribution < 1.29 is 17.9 Å². The Balaban J connectivity index is 1.56. The first-order valence-corrected chi connectivity index (χ1v) is 14.7. The number of hydrogen-bond acceptors (Lipinski definition) is 7. The van der Waals surface area contributed by atoms with Gasteiger partial charge in [0.1, 0.15) is 15.8 Å². The van der Waals surface area contributed by atoms with Crippen LogP contribution in [0.15, 0.2) is 59.6 Å². The SMILES string of the molecule is CCOc1ccc(-c2nn(-c3ccccc3)cc2/C=C2/SC(=S)N(C3CCS(=O)(=O)C3)C2=O)c(C)c1. The van der Waals surface area contributed by atoms with Gasteiger partial charge in [-0.3, -0.25) is 9.69 Å². The maximum Gasteiger partial charge on any atom is 0.266 e. The second-order valence-electron chi connectivity index (χ2n) is 8.73. The van der Waals surface area contributed by atoms with Crippen molar-refractivity contribution in [2.45, 2.75) is 26.3 Å². The number of benzene rings is 2. The van der Waals surface area contributed by atoms with E-state index in [-0.39, 0.29) is 17.4 Å². The van der Waals surface area contributed by atoms with Gasteiger partial charge in [-0.1, -0.05) is 42.2 Å². The van der Waals surface area contributed by atoms with Crippen molar-refractivity contribution in [3.63, 3.8) is 0 Å². The monoisotopic (exact) mass is 539 g/mol. The van der Waals surface area contributed by atoms with Crippen molar-refractivity contribution in [1.82, 2.24) is 14.7 Å². The number of hydrogen-bond donors (Lipinski definition) is 0. The van der Waals surface area contributed by atoms with E-state index in [0.717, 1.165) is 33.8 Å². The maximum absolute atomic E-state index is 13.3. The highest BCUT2D eigenvalue weighted by Gasteiger charge is 2.42. The summed E-state index contributed by atoms with van der Waals surface area (Å²) < 4.78 is 31.8. The fourth-order valence-corrected chi connectivity index (χ4v) is 7.58. The van der Waals surface area contributed by atoms with E-state index in [0.29, 0.717) is 22.3 Å². The van der Waals surface area contributed by atoms with Crippen LogP contribution in [0.5, 0.6) is 5.75 Å². The molecule has 1 aromatic heterocycles. The van der Waals surface area contributed by atoms with Gasteiger partial charge in [0.25, 0.3) is 5.91 Å². The van der Waals surface area contributed by atoms with E-state index < -0.39 is 15.9 Å². The molecule has 0 saturated carbocycles. The number of carbonyl (C=O) groups is 1. The number of rotatable bonds is 6. The number of sulfone groups is 1. The van der Waals surface area contributed by atoms with E-state index in [9.17, 15) is 13.2 Å². The molecule has 0 aliphatic carbocycles. The predicted octanol–water partition coefficient (Wildman–Crippen LogP) is 4.63. The number of thioether (sulfide) groups is 1. The van der Waals surface area contributed by atoms with Crippen LogP contribution in [0.3, 0.4) is 0 Å². The van der Waals surface area contributed by atoms with E-state index in [1.807, 2.05) is 68.6 Å². The Labute approximate surface area is 220 Å². The lowest BCUT2D eigenvalue weighted by Crippen LogP contribution is -2.39. The molecule has 2 aliphatic heterocycles. The molecule has 7 nitrogen and oxygen atoms in total. The topological polar surface area (TPSA) is 81.5 Å². The molecule has 0 bridgehead atoms. The smallest absolute Gasteiger partial charge is 0.266 e. The van der Waals surface area contributed by atoms with Crippen LogP contribution in [0.4, 0.5) is 0 Å². The molecule has 5 rings (SSSR count). The minimum atomic E-state index is -3.14. The van der Waals surface area contributed by atoms with Crippen molar-refractivity contribution in [3.05, 3.63) is 70.8 Å². The molecule has 2 aliphatic rings. The average Bonchev–Trinajstić information content (AvgIpc) is 3.50. The van der Waals surface area contributed by atoms with Gasteiger partial charge in [0.2, 0.25) is 0 Å². The normalized spacial score (nSPS) is 20.4. The second-order valence-corrected chi connectivity index (χ2v) is 12.6. The zero-order chi connectivity index (χ0) is 25.4. The van der Waals surface area contributed by atoms with Gasteiger partial charge in [-0.2, -0.15) is 5.10 Å². The van der Waals surface area contributed by atoms with Crippen molar-refractivity contribution in [2.75, 3.05) is 18.1 Å². The Bertz CT molecular complexity index is 1480. The summed E-state index contributed by atoms with van der Waals surface area (Å²) in [6.07, 6.45) is 4.11. The van der Waals surface area contributed by atoms with Crippen LogP contribution in [0.2, 0.25) is 0 Å². The Morgan fingerprint density at radius 2 is 2.00 bits per heavy atom. The molecule has 10 heteroatoms. The molecule has 36 heavy (non-hydrogen) atoms. The molecule has 3 heterocycles. The first-order chi connectivity index (χ1) is 17.3. The summed E-state index contributed by atoms with van der Waals surface area (Å²) in [6.45, 7) is 4.53. The molecule has 0 radical (unpaired) electrons. The summed E-state index contributed by atoms with van der Waals surface area (Å²) in [7, 11) is -3.14. The number of aromatic nitrogens is 2. The lowest BCUT2D eigenvalue weighted by atomic mass is 10.0. The summed E-state index contributed by atoms with van der Waals surface area (Å²) >= 11 is 6.69. The van der Waals surface area contributed by atoms with Crippen LogP contribution in [-0.4, -0.2) is 57.5 Å². The Kier molecular flexibility index (Phi) is 6.76. The molecule has 2 fully saturated rings. The largest absolute Gasteiger partial charge is 0.494 e. The predicted molar refractivity (Wildman–Crippen MR) is 147 cm³/mol. The van der Waals surface area contributed by atoms with Crippen LogP contribution in [0.1, 0.15) is 24.5 Å². The molecular formula is C26H25N3O4S3. The standard InChI is InChI=1S/C26H25N3O4S3/c1-3-33-21-9-10-22(17(2)13-21)24-18(15-28(27-24)19-7-5-4-6-8-19)14-23-25(30)29(26(34)35-23)20-11-12-36(31,32)16-20/h4-10,13-15,20H,3,11-12,16H2,1-2H3/b23-14+. The van der Waals surface area contributed by atoms with Crippen molar-refractivity contribution in [1.29, 1.82) is 0 Å². The average molecular weight is 540 g/mol. The number of aryl methyl sites for hydroxylation is 1. The highest BCUT2D eigenvalue weighted by Crippen LogP contribution is 2.38. The van der Waals surface area contributed by atoms with Gasteiger partial charge >= 0.3 is 0 Å². The van der Waals surface area contributed by atoms with Crippen molar-refractivity contribution in [2.24, 2.45) is 0 Å². The van der Waals surface area contributed by atoms with E-state index >= 15 is 0 Å². The summed E-state index contributed by atoms with van der Waals surface area (Å²) in [5.74, 6) is 0.567. The van der Waals surface area contributed by atoms with Crippen molar-refractivity contribution >= 4 is 50.1 Å². The fourth-order valence-electron chi connectivity index (χ4n) is 4.49. The maximum atomic E-state index is 13.3. The number of nitrogens with zero attached hydrogens (tertiary/aromatic N) is 3. The Morgan fingerprint density at radius 1 is 1.22 bits per heavy atom. The van der Waals surface area contributed by atoms with Gasteiger partial charge in [-0.05, 0) is 62.2 Å². The van der Waals surface area contributed by atoms with Crippen LogP contribution in [-0.2, 0) is 14.6 Å². The third-order valence-electron chi connectivity index (χ3n) is 6.21. The van der Waals surface area contributed by atoms with Gasteiger partial charge in [-0.15, -0.1) is 0 Å². The molecule has 3 aromatic rings. The van der Waals surface area contributed by atoms with Gasteiger partial charge < -0.3 is 4.74 Å². The van der Waals surface area contributed by atoms with Crippen molar-refractivity contribution in [3.8, 4) is 22.7 Å². The molecule has 0 N–H and O–H groups in total. The highest BCUT2D eigenvalue weighted by molar-refractivity contribution is 8.26. The minimum absolute atomic E-state index is 0.0463. The number of amides is 1. The zero-order valence-corrected chi connectivity index (χ0v) is 22.3. The number of para-hydroxylation sites is 1. The summed E-state index contributed by atoms with van der Waals surface area (Å²) in [5, 5.41) is 4.87. The molecular weight excluding hydrogens is 515 g/mol. The Hall–Kier alpha value is -2.95. The molecule has 1 unspecified atom stereocenters.